The molecule has 50 heavy (non-hydrogen) atoms. The first-order valence-corrected chi connectivity index (χ1v) is 19.0. The molecule has 1 aliphatic carbocycles. The normalized spacial score (nSPS) is 11.9. The maximum atomic E-state index is 11.1. The minimum Gasteiger partial charge on any atom is -1.00 e. The summed E-state index contributed by atoms with van der Waals surface area (Å²) in [5.74, 6) is -0.462. The molecule has 0 bridgehead atoms. The van der Waals surface area contributed by atoms with E-state index in [1.165, 1.54) is 40.7 Å². The van der Waals surface area contributed by atoms with Gasteiger partial charge in [0.25, 0.3) is 0 Å². The fourth-order valence-electron chi connectivity index (χ4n) is 4.97. The van der Waals surface area contributed by atoms with Gasteiger partial charge in [0.05, 0.1) is 7.11 Å². The predicted octanol–water partition coefficient (Wildman–Crippen LogP) is 5.90. The molecule has 252 valence electrons. The minimum absolute atomic E-state index is 0. The van der Waals surface area contributed by atoms with Gasteiger partial charge in [-0.15, -0.1) is 18.7 Å². The molecule has 0 N–H and O–H groups in total. The van der Waals surface area contributed by atoms with Crippen LogP contribution in [0, 0.1) is 38.2 Å². The van der Waals surface area contributed by atoms with Gasteiger partial charge in [-0.1, -0.05) is 146 Å². The molecular formula is C44H42BrMoO2P2+. The number of hydrogen-bond acceptors (Lipinski definition) is 2. The third-order valence-electron chi connectivity index (χ3n) is 7.28. The first-order chi connectivity index (χ1) is 23.7. The van der Waals surface area contributed by atoms with Crippen LogP contribution in [0.2, 0.25) is 0 Å². The summed E-state index contributed by atoms with van der Waals surface area (Å²) in [6.45, 7) is 3.65. The van der Waals surface area contributed by atoms with Gasteiger partial charge < -0.3 is 21.7 Å². The largest absolute Gasteiger partial charge is 3.00 e. The molecule has 5 aromatic rings. The third kappa shape index (κ3) is 15.1. The van der Waals surface area contributed by atoms with E-state index in [-0.39, 0.29) is 53.9 Å². The Morgan fingerprint density at radius 1 is 0.580 bits per heavy atom. The summed E-state index contributed by atoms with van der Waals surface area (Å²) in [4.78, 5) is 11.1. The van der Waals surface area contributed by atoms with E-state index in [0.29, 0.717) is 6.42 Å². The van der Waals surface area contributed by atoms with Crippen LogP contribution in [-0.2, 0) is 30.6 Å². The number of halogens is 1. The third-order valence-corrected chi connectivity index (χ3v) is 12.7. The number of methoxy groups -OCH3 is 1. The number of rotatable bonds is 11. The quantitative estimate of drug-likeness (QED) is 0.0414. The molecule has 6 heteroatoms. The smallest absolute Gasteiger partial charge is 1.00 e. The van der Waals surface area contributed by atoms with Gasteiger partial charge in [0.2, 0.25) is 5.97 Å². The van der Waals surface area contributed by atoms with Crippen LogP contribution in [0.25, 0.3) is 5.57 Å². The Kier molecular flexibility index (Phi) is 22.4. The second-order valence-corrected chi connectivity index (χ2v) is 15.2. The zero-order chi connectivity index (χ0) is 33.7. The maximum absolute atomic E-state index is 11.1. The van der Waals surface area contributed by atoms with Gasteiger partial charge in [0, 0.05) is 0 Å². The second kappa shape index (κ2) is 25.9. The van der Waals surface area contributed by atoms with Crippen LogP contribution in [0.15, 0.2) is 164 Å². The van der Waals surface area contributed by atoms with Crippen molar-refractivity contribution >= 4 is 48.6 Å². The molecule has 0 atom stereocenters. The van der Waals surface area contributed by atoms with Gasteiger partial charge in [0.15, 0.2) is 0 Å². The Labute approximate surface area is 328 Å². The molecule has 0 heterocycles. The van der Waals surface area contributed by atoms with Crippen molar-refractivity contribution in [3.63, 3.8) is 0 Å². The SMILES string of the molecule is C=CCC(=[C-]C(=O)OC)c1ccccc1.[Br-].[CH]1[CH][CH][CH][CH]1.[Mo+3].c1ccc(P(CCP(c2ccccc2)c2ccccc2)c2ccccc2)cc1. The van der Waals surface area contributed by atoms with Gasteiger partial charge in [0.1, 0.15) is 0 Å². The van der Waals surface area contributed by atoms with Crippen molar-refractivity contribution in [3.8, 4) is 0 Å². The Morgan fingerprint density at radius 3 is 1.16 bits per heavy atom. The summed E-state index contributed by atoms with van der Waals surface area (Å²) < 4.78 is 4.54. The number of hydrogen-bond donors (Lipinski definition) is 0. The Hall–Kier alpha value is -2.92. The van der Waals surface area contributed by atoms with Gasteiger partial charge in [-0.3, -0.25) is 4.79 Å². The minimum atomic E-state index is -0.462. The first kappa shape index (κ1) is 43.2. The average Bonchev–Trinajstić information content (AvgIpc) is 3.76. The van der Waals surface area contributed by atoms with Gasteiger partial charge >= 0.3 is 21.1 Å². The van der Waals surface area contributed by atoms with Gasteiger partial charge in [-0.05, 0) is 87.9 Å². The van der Waals surface area contributed by atoms with E-state index >= 15 is 0 Å². The Bertz CT molecular complexity index is 1460. The summed E-state index contributed by atoms with van der Waals surface area (Å²) in [6, 6.07) is 53.8. The number of esters is 1. The summed E-state index contributed by atoms with van der Waals surface area (Å²) in [7, 11) is 0.643. The summed E-state index contributed by atoms with van der Waals surface area (Å²) >= 11 is 0. The molecule has 1 fully saturated rings. The number of carbonyl (C=O) groups excluding carboxylic acids is 1. The molecular weight excluding hydrogens is 798 g/mol. The standard InChI is InChI=1S/C26H24P2.C13H13O2.C5H5.BrH.Mo/c1-5-13-23(14-6-1)27(24-15-7-2-8-16-24)21-22-28(25-17-9-3-10-18-25)26-19-11-4-12-20-26;1-3-7-12(10-13(14)15-2)11-8-5-4-6-9-11;1-2-4-5-3-1;;/h1-20H,21-22H2;3-6,8-9H,1,7H2,2H3;1-5H;1H;/q;-1;;;+3/p-1. The molecule has 0 aliphatic heterocycles. The number of ether oxygens (including phenoxy) is 1. The maximum Gasteiger partial charge on any atom is 3.00 e. The Balaban J connectivity index is 0.000000331. The summed E-state index contributed by atoms with van der Waals surface area (Å²) in [5, 5.41) is 5.89. The fraction of sp³-hybridized carbons (Fsp3) is 0.0909. The molecule has 2 nitrogen and oxygen atoms in total. The van der Waals surface area contributed by atoms with E-state index in [9.17, 15) is 4.79 Å². The van der Waals surface area contributed by atoms with Crippen molar-refractivity contribution in [2.75, 3.05) is 19.4 Å². The number of benzene rings is 5. The van der Waals surface area contributed by atoms with E-state index in [4.69, 9.17) is 0 Å². The van der Waals surface area contributed by atoms with Crippen LogP contribution in [0.3, 0.4) is 0 Å². The number of carbonyl (C=O) groups is 1. The van der Waals surface area contributed by atoms with Crippen molar-refractivity contribution in [2.45, 2.75) is 6.42 Å². The zero-order valence-electron chi connectivity index (χ0n) is 28.2. The molecule has 5 aromatic carbocycles. The molecule has 0 amide bonds. The van der Waals surface area contributed by atoms with E-state index in [0.717, 1.165) is 11.1 Å². The molecule has 0 spiro atoms. The number of allylic oxidation sites excluding steroid dienone is 2. The van der Waals surface area contributed by atoms with Crippen molar-refractivity contribution in [2.24, 2.45) is 0 Å². The molecule has 6 radical (unpaired) electrons. The topological polar surface area (TPSA) is 26.3 Å². The van der Waals surface area contributed by atoms with Crippen molar-refractivity contribution in [3.05, 3.63) is 208 Å². The predicted molar refractivity (Wildman–Crippen MR) is 209 cm³/mol. The van der Waals surface area contributed by atoms with Crippen LogP contribution >= 0.6 is 15.8 Å². The zero-order valence-corrected chi connectivity index (χ0v) is 33.6. The van der Waals surface area contributed by atoms with E-state index in [1.807, 2.05) is 62.4 Å². The van der Waals surface area contributed by atoms with Crippen LogP contribution in [0.5, 0.6) is 0 Å². The molecule has 6 rings (SSSR count). The van der Waals surface area contributed by atoms with Crippen molar-refractivity contribution in [1.82, 2.24) is 0 Å². The Morgan fingerprint density at radius 2 is 0.880 bits per heavy atom. The molecule has 1 aliphatic rings. The summed E-state index contributed by atoms with van der Waals surface area (Å²) in [6.07, 6.45) is 17.4. The van der Waals surface area contributed by atoms with Crippen molar-refractivity contribution < 1.29 is 47.6 Å². The van der Waals surface area contributed by atoms with E-state index < -0.39 is 5.97 Å². The molecule has 0 aromatic heterocycles. The van der Waals surface area contributed by atoms with Crippen LogP contribution < -0.4 is 38.2 Å². The van der Waals surface area contributed by atoms with E-state index in [1.54, 1.807) is 6.08 Å². The molecule has 0 unspecified atom stereocenters. The van der Waals surface area contributed by atoms with Crippen LogP contribution in [0.4, 0.5) is 0 Å². The van der Waals surface area contributed by atoms with Crippen molar-refractivity contribution in [1.29, 1.82) is 0 Å². The molecule has 1 saturated carbocycles. The van der Waals surface area contributed by atoms with E-state index in [2.05, 4.69) is 139 Å². The van der Waals surface area contributed by atoms with Gasteiger partial charge in [-0.2, -0.15) is 11.6 Å². The molecule has 0 saturated heterocycles. The monoisotopic (exact) mass is 841 g/mol. The average molecular weight is 841 g/mol. The second-order valence-electron chi connectivity index (χ2n) is 10.6. The van der Waals surface area contributed by atoms with Crippen LogP contribution in [-0.4, -0.2) is 25.4 Å². The first-order valence-electron chi connectivity index (χ1n) is 16.0. The fourth-order valence-corrected chi connectivity index (χ4v) is 10.3. The van der Waals surface area contributed by atoms with Crippen LogP contribution in [0.1, 0.15) is 12.0 Å². The summed E-state index contributed by atoms with van der Waals surface area (Å²) in [5.41, 5.74) is 1.75. The van der Waals surface area contributed by atoms with Gasteiger partial charge in [-0.25, -0.2) is 5.57 Å².